The van der Waals surface area contributed by atoms with E-state index in [1.165, 1.54) is 0 Å². The molecule has 22 heavy (non-hydrogen) atoms. The van der Waals surface area contributed by atoms with Crippen molar-refractivity contribution in [3.63, 3.8) is 0 Å². The van der Waals surface area contributed by atoms with Crippen LogP contribution < -0.4 is 10.1 Å². The van der Waals surface area contributed by atoms with Gasteiger partial charge in [0, 0.05) is 34.6 Å². The molecule has 1 aromatic heterocycles. The van der Waals surface area contributed by atoms with Crippen LogP contribution in [0.25, 0.3) is 0 Å². The minimum Gasteiger partial charge on any atom is -0.496 e. The molecular formula is C15H17ClN2O3S. The Bertz CT molecular complexity index is 645. The molecule has 2 aromatic rings. The van der Waals surface area contributed by atoms with Gasteiger partial charge in [0.05, 0.1) is 7.11 Å². The van der Waals surface area contributed by atoms with Crippen LogP contribution in [0.5, 0.6) is 5.75 Å². The number of rotatable bonds is 7. The van der Waals surface area contributed by atoms with Gasteiger partial charge < -0.3 is 14.6 Å². The molecule has 5 nitrogen and oxygen atoms in total. The van der Waals surface area contributed by atoms with E-state index in [2.05, 4.69) is 10.5 Å². The Hall–Kier alpha value is -1.66. The Morgan fingerprint density at radius 3 is 2.95 bits per heavy atom. The second-order valence-corrected chi connectivity index (χ2v) is 6.17. The summed E-state index contributed by atoms with van der Waals surface area (Å²) >= 11 is 7.63. The lowest BCUT2D eigenvalue weighted by Crippen LogP contribution is -2.12. The molecule has 0 aliphatic heterocycles. The number of benzene rings is 1. The summed E-state index contributed by atoms with van der Waals surface area (Å²) in [5, 5.41) is 7.09. The van der Waals surface area contributed by atoms with Gasteiger partial charge in [-0.05, 0) is 25.1 Å². The molecule has 0 spiro atoms. The zero-order valence-corrected chi connectivity index (χ0v) is 14.0. The van der Waals surface area contributed by atoms with Crippen molar-refractivity contribution in [2.75, 3.05) is 18.2 Å². The van der Waals surface area contributed by atoms with Gasteiger partial charge in [0.15, 0.2) is 5.82 Å². The molecule has 1 heterocycles. The van der Waals surface area contributed by atoms with Crippen LogP contribution >= 0.6 is 23.4 Å². The van der Waals surface area contributed by atoms with Gasteiger partial charge in [0.1, 0.15) is 11.5 Å². The Balaban J connectivity index is 1.75. The molecule has 0 saturated carbocycles. The summed E-state index contributed by atoms with van der Waals surface area (Å²) in [4.78, 5) is 11.8. The van der Waals surface area contributed by atoms with Crippen molar-refractivity contribution in [1.82, 2.24) is 5.16 Å². The number of nitrogens with one attached hydrogen (secondary N) is 1. The number of hydrogen-bond donors (Lipinski definition) is 1. The molecule has 0 fully saturated rings. The van der Waals surface area contributed by atoms with Crippen molar-refractivity contribution in [2.24, 2.45) is 0 Å². The van der Waals surface area contributed by atoms with E-state index in [-0.39, 0.29) is 5.91 Å². The first-order chi connectivity index (χ1) is 10.6. The summed E-state index contributed by atoms with van der Waals surface area (Å²) in [6, 6.07) is 7.20. The number of halogens is 1. The van der Waals surface area contributed by atoms with Crippen molar-refractivity contribution >= 4 is 35.1 Å². The van der Waals surface area contributed by atoms with Gasteiger partial charge in [-0.15, -0.1) is 0 Å². The number of thioether (sulfide) groups is 1. The van der Waals surface area contributed by atoms with Crippen molar-refractivity contribution < 1.29 is 14.1 Å². The van der Waals surface area contributed by atoms with Gasteiger partial charge >= 0.3 is 0 Å². The standard InChI is InChI=1S/C15H17ClN2O3S/c1-10-7-14(18-21-10)17-15(19)5-6-22-9-11-8-12(16)3-4-13(11)20-2/h3-4,7-8H,5-6,9H2,1-2H3,(H,17,18,19). The highest BCUT2D eigenvalue weighted by molar-refractivity contribution is 7.98. The van der Waals surface area contributed by atoms with Crippen LogP contribution in [-0.2, 0) is 10.5 Å². The van der Waals surface area contributed by atoms with Crippen LogP contribution in [0, 0.1) is 6.92 Å². The van der Waals surface area contributed by atoms with Crippen LogP contribution in [-0.4, -0.2) is 23.9 Å². The van der Waals surface area contributed by atoms with E-state index in [9.17, 15) is 4.79 Å². The molecule has 0 atom stereocenters. The van der Waals surface area contributed by atoms with E-state index in [4.69, 9.17) is 20.9 Å². The van der Waals surface area contributed by atoms with E-state index in [1.54, 1.807) is 37.9 Å². The summed E-state index contributed by atoms with van der Waals surface area (Å²) in [7, 11) is 1.63. The highest BCUT2D eigenvalue weighted by Gasteiger charge is 2.08. The number of amides is 1. The fourth-order valence-corrected chi connectivity index (χ4v) is 2.95. The number of hydrogen-bond acceptors (Lipinski definition) is 5. The van der Waals surface area contributed by atoms with E-state index in [1.807, 2.05) is 12.1 Å². The fraction of sp³-hybridized carbons (Fsp3) is 0.333. The van der Waals surface area contributed by atoms with Gasteiger partial charge in [0.25, 0.3) is 0 Å². The zero-order chi connectivity index (χ0) is 15.9. The van der Waals surface area contributed by atoms with Crippen molar-refractivity contribution in [1.29, 1.82) is 0 Å². The van der Waals surface area contributed by atoms with Crippen LogP contribution in [0.3, 0.4) is 0 Å². The third-order valence-corrected chi connectivity index (χ3v) is 4.11. The van der Waals surface area contributed by atoms with Crippen molar-refractivity contribution in [2.45, 2.75) is 19.1 Å². The Kier molecular flexibility index (Phi) is 6.15. The van der Waals surface area contributed by atoms with E-state index >= 15 is 0 Å². The minimum atomic E-state index is -0.0844. The van der Waals surface area contributed by atoms with Gasteiger partial charge in [-0.25, -0.2) is 0 Å². The first-order valence-electron chi connectivity index (χ1n) is 6.72. The molecule has 0 aliphatic carbocycles. The monoisotopic (exact) mass is 340 g/mol. The predicted octanol–water partition coefficient (Wildman–Crippen LogP) is 3.91. The average Bonchev–Trinajstić information content (AvgIpc) is 2.89. The van der Waals surface area contributed by atoms with E-state index in [0.717, 1.165) is 17.1 Å². The first kappa shape index (κ1) is 16.7. The molecule has 0 radical (unpaired) electrons. The third kappa shape index (κ3) is 4.96. The maximum Gasteiger partial charge on any atom is 0.226 e. The molecule has 0 aliphatic rings. The summed E-state index contributed by atoms with van der Waals surface area (Å²) in [5.41, 5.74) is 1.02. The Labute approximate surface area is 138 Å². The lowest BCUT2D eigenvalue weighted by atomic mass is 10.2. The number of anilines is 1. The summed E-state index contributed by atoms with van der Waals surface area (Å²) < 4.78 is 10.2. The van der Waals surface area contributed by atoms with Crippen LogP contribution in [0.4, 0.5) is 5.82 Å². The summed E-state index contributed by atoms with van der Waals surface area (Å²) in [6.07, 6.45) is 0.402. The largest absolute Gasteiger partial charge is 0.496 e. The summed E-state index contributed by atoms with van der Waals surface area (Å²) in [5.74, 6) is 3.26. The maximum absolute atomic E-state index is 11.8. The van der Waals surface area contributed by atoms with E-state index < -0.39 is 0 Å². The average molecular weight is 341 g/mol. The second kappa shape index (κ2) is 8.10. The molecule has 0 unspecified atom stereocenters. The second-order valence-electron chi connectivity index (χ2n) is 4.63. The fourth-order valence-electron chi connectivity index (χ4n) is 1.84. The Morgan fingerprint density at radius 1 is 1.45 bits per heavy atom. The maximum atomic E-state index is 11.8. The number of ether oxygens (including phenoxy) is 1. The summed E-state index contributed by atoms with van der Waals surface area (Å²) in [6.45, 7) is 1.77. The first-order valence-corrected chi connectivity index (χ1v) is 8.25. The zero-order valence-electron chi connectivity index (χ0n) is 12.4. The molecule has 1 aromatic carbocycles. The van der Waals surface area contributed by atoms with Crippen LogP contribution in [0.2, 0.25) is 5.02 Å². The number of carbonyl (C=O) groups excluding carboxylic acids is 1. The van der Waals surface area contributed by atoms with Gasteiger partial charge in [-0.1, -0.05) is 16.8 Å². The molecular weight excluding hydrogens is 324 g/mol. The van der Waals surface area contributed by atoms with Crippen LogP contribution in [0.1, 0.15) is 17.7 Å². The highest BCUT2D eigenvalue weighted by atomic mass is 35.5. The SMILES string of the molecule is COc1ccc(Cl)cc1CSCCC(=O)Nc1cc(C)on1. The van der Waals surface area contributed by atoms with Crippen LogP contribution in [0.15, 0.2) is 28.8 Å². The smallest absolute Gasteiger partial charge is 0.226 e. The van der Waals surface area contributed by atoms with Gasteiger partial charge in [-0.3, -0.25) is 4.79 Å². The third-order valence-electron chi connectivity index (χ3n) is 2.87. The van der Waals surface area contributed by atoms with Crippen molar-refractivity contribution in [3.8, 4) is 5.75 Å². The predicted molar refractivity (Wildman–Crippen MR) is 88.7 cm³/mol. The lowest BCUT2D eigenvalue weighted by Gasteiger charge is -2.08. The molecule has 0 bridgehead atoms. The molecule has 118 valence electrons. The molecule has 2 rings (SSSR count). The number of aryl methyl sites for hydroxylation is 1. The highest BCUT2D eigenvalue weighted by Crippen LogP contribution is 2.26. The Morgan fingerprint density at radius 2 is 2.27 bits per heavy atom. The van der Waals surface area contributed by atoms with E-state index in [0.29, 0.717) is 28.8 Å². The molecule has 1 amide bonds. The normalized spacial score (nSPS) is 10.5. The van der Waals surface area contributed by atoms with Crippen molar-refractivity contribution in [3.05, 3.63) is 40.6 Å². The number of aromatic nitrogens is 1. The molecule has 7 heteroatoms. The molecule has 1 N–H and O–H groups in total. The number of methoxy groups -OCH3 is 1. The molecule has 0 saturated heterocycles. The lowest BCUT2D eigenvalue weighted by molar-refractivity contribution is -0.115. The van der Waals surface area contributed by atoms with Gasteiger partial charge in [-0.2, -0.15) is 11.8 Å². The number of nitrogens with zero attached hydrogens (tertiary/aromatic N) is 1. The number of carbonyl (C=O) groups is 1. The minimum absolute atomic E-state index is 0.0844. The quantitative estimate of drug-likeness (QED) is 0.774. The van der Waals surface area contributed by atoms with Gasteiger partial charge in [0.2, 0.25) is 5.91 Å². The topological polar surface area (TPSA) is 64.4 Å².